The zero-order valence-corrected chi connectivity index (χ0v) is 18.8. The molecule has 0 radical (unpaired) electrons. The summed E-state index contributed by atoms with van der Waals surface area (Å²) >= 11 is 0. The predicted molar refractivity (Wildman–Crippen MR) is 117 cm³/mol. The molecule has 1 N–H and O–H groups in total. The summed E-state index contributed by atoms with van der Waals surface area (Å²) in [5.74, 6) is 1.16. The third-order valence-corrected chi connectivity index (χ3v) is 8.66. The number of nitrogens with one attached hydrogen (secondary N) is 1. The number of benzene rings is 1. The lowest BCUT2D eigenvalue weighted by atomic mass is 9.89. The van der Waals surface area contributed by atoms with E-state index < -0.39 is 10.0 Å². The van der Waals surface area contributed by atoms with Crippen molar-refractivity contribution >= 4 is 26.9 Å². The lowest BCUT2D eigenvalue weighted by Crippen LogP contribution is -2.37. The van der Waals surface area contributed by atoms with Crippen LogP contribution in [0.2, 0.25) is 0 Å². The van der Waals surface area contributed by atoms with E-state index in [9.17, 15) is 13.2 Å². The van der Waals surface area contributed by atoms with Crippen LogP contribution in [0.15, 0.2) is 27.5 Å². The van der Waals surface area contributed by atoms with Gasteiger partial charge in [-0.1, -0.05) is 26.2 Å². The molecule has 2 fully saturated rings. The molecule has 7 heteroatoms. The lowest BCUT2D eigenvalue weighted by molar-refractivity contribution is 0.0917. The number of carbonyl (C=O) groups is 1. The van der Waals surface area contributed by atoms with Crippen molar-refractivity contribution in [1.29, 1.82) is 0 Å². The highest BCUT2D eigenvalue weighted by molar-refractivity contribution is 7.89. The highest BCUT2D eigenvalue weighted by Gasteiger charge is 2.29. The fourth-order valence-electron chi connectivity index (χ4n) is 4.66. The van der Waals surface area contributed by atoms with Gasteiger partial charge in [0, 0.05) is 30.6 Å². The number of carbonyl (C=O) groups excluding carboxylic acids is 1. The maximum absolute atomic E-state index is 13.1. The van der Waals surface area contributed by atoms with Crippen molar-refractivity contribution in [2.24, 2.45) is 11.8 Å². The van der Waals surface area contributed by atoms with E-state index >= 15 is 0 Å². The van der Waals surface area contributed by atoms with Crippen LogP contribution in [-0.4, -0.2) is 38.3 Å². The zero-order valence-electron chi connectivity index (χ0n) is 17.9. The van der Waals surface area contributed by atoms with E-state index in [1.54, 1.807) is 22.5 Å². The fourth-order valence-corrected chi connectivity index (χ4v) is 6.16. The quantitative estimate of drug-likeness (QED) is 0.756. The van der Waals surface area contributed by atoms with Gasteiger partial charge in [0.25, 0.3) is 5.91 Å². The van der Waals surface area contributed by atoms with Gasteiger partial charge in [0.2, 0.25) is 10.0 Å². The Morgan fingerprint density at radius 2 is 1.83 bits per heavy atom. The molecule has 1 aliphatic carbocycles. The highest BCUT2D eigenvalue weighted by Crippen LogP contribution is 2.30. The minimum Gasteiger partial charge on any atom is -0.451 e. The second-order valence-electron chi connectivity index (χ2n) is 9.01. The molecular weight excluding hydrogens is 400 g/mol. The number of nitrogens with zero attached hydrogens (tertiary/aromatic N) is 1. The van der Waals surface area contributed by atoms with Crippen LogP contribution in [0.5, 0.6) is 0 Å². The minimum atomic E-state index is -3.54. The second kappa shape index (κ2) is 8.71. The Morgan fingerprint density at radius 1 is 1.13 bits per heavy atom. The van der Waals surface area contributed by atoms with E-state index in [-0.39, 0.29) is 16.6 Å². The van der Waals surface area contributed by atoms with Gasteiger partial charge in [-0.25, -0.2) is 8.42 Å². The van der Waals surface area contributed by atoms with Crippen molar-refractivity contribution in [2.75, 3.05) is 19.6 Å². The van der Waals surface area contributed by atoms with Crippen LogP contribution in [-0.2, 0) is 10.0 Å². The van der Waals surface area contributed by atoms with E-state index in [0.717, 1.165) is 25.7 Å². The summed E-state index contributed by atoms with van der Waals surface area (Å²) in [6.07, 6.45) is 7.85. The molecule has 0 bridgehead atoms. The van der Waals surface area contributed by atoms with E-state index in [2.05, 4.69) is 12.2 Å². The molecule has 30 heavy (non-hydrogen) atoms. The summed E-state index contributed by atoms with van der Waals surface area (Å²) in [6, 6.07) is 4.90. The highest BCUT2D eigenvalue weighted by atomic mass is 32.2. The normalized spacial score (nSPS) is 19.9. The number of hydrogen-bond acceptors (Lipinski definition) is 4. The monoisotopic (exact) mass is 432 g/mol. The summed E-state index contributed by atoms with van der Waals surface area (Å²) in [7, 11) is -3.54. The molecule has 2 aliphatic rings. The zero-order chi connectivity index (χ0) is 21.3. The molecule has 1 aromatic heterocycles. The predicted octanol–water partition coefficient (Wildman–Crippen LogP) is 4.47. The molecule has 1 aliphatic heterocycles. The molecular formula is C23H32N2O4S. The van der Waals surface area contributed by atoms with Crippen molar-refractivity contribution in [1.82, 2.24) is 9.62 Å². The molecule has 1 aromatic carbocycles. The van der Waals surface area contributed by atoms with Gasteiger partial charge in [-0.3, -0.25) is 4.79 Å². The van der Waals surface area contributed by atoms with Crippen LogP contribution >= 0.6 is 0 Å². The maximum Gasteiger partial charge on any atom is 0.287 e. The molecule has 6 nitrogen and oxygen atoms in total. The standard InChI is InChI=1S/C23H32N2O4S/c1-16-10-12-25(13-11-16)30(27,28)19-8-9-21-20(14-19)17(2)22(29-21)23(26)24-15-18-6-4-3-5-7-18/h8-9,14,16,18H,3-7,10-13,15H2,1-2H3,(H,24,26). The molecule has 2 heterocycles. The number of fused-ring (bicyclic) bond motifs is 1. The largest absolute Gasteiger partial charge is 0.451 e. The van der Waals surface area contributed by atoms with Crippen molar-refractivity contribution < 1.29 is 17.6 Å². The van der Waals surface area contributed by atoms with Crippen molar-refractivity contribution in [3.8, 4) is 0 Å². The Bertz CT molecular complexity index is 1010. The third kappa shape index (κ3) is 4.28. The van der Waals surface area contributed by atoms with Gasteiger partial charge in [0.05, 0.1) is 4.90 Å². The van der Waals surface area contributed by atoms with Crippen LogP contribution in [0.25, 0.3) is 11.0 Å². The van der Waals surface area contributed by atoms with Gasteiger partial charge >= 0.3 is 0 Å². The van der Waals surface area contributed by atoms with Crippen LogP contribution in [0.3, 0.4) is 0 Å². The topological polar surface area (TPSA) is 79.6 Å². The molecule has 1 amide bonds. The van der Waals surface area contributed by atoms with Crippen LogP contribution in [0.4, 0.5) is 0 Å². The first-order valence-electron chi connectivity index (χ1n) is 11.2. The van der Waals surface area contributed by atoms with Gasteiger partial charge in [-0.2, -0.15) is 4.31 Å². The van der Waals surface area contributed by atoms with Crippen LogP contribution < -0.4 is 5.32 Å². The average Bonchev–Trinajstić information content (AvgIpc) is 3.09. The van der Waals surface area contributed by atoms with Crippen molar-refractivity contribution in [3.05, 3.63) is 29.5 Å². The molecule has 164 valence electrons. The first-order valence-corrected chi connectivity index (χ1v) is 12.6. The number of aryl methyl sites for hydroxylation is 1. The molecule has 1 saturated carbocycles. The van der Waals surface area contributed by atoms with Gasteiger partial charge in [-0.15, -0.1) is 0 Å². The summed E-state index contributed by atoms with van der Waals surface area (Å²) in [6.45, 7) is 5.76. The van der Waals surface area contributed by atoms with E-state index in [1.165, 1.54) is 19.3 Å². The van der Waals surface area contributed by atoms with Crippen molar-refractivity contribution in [2.45, 2.75) is 63.7 Å². The first kappa shape index (κ1) is 21.4. The average molecular weight is 433 g/mol. The summed E-state index contributed by atoms with van der Waals surface area (Å²) < 4.78 is 33.5. The summed E-state index contributed by atoms with van der Waals surface area (Å²) in [5, 5.41) is 3.70. The molecule has 4 rings (SSSR count). The van der Waals surface area contributed by atoms with E-state index in [0.29, 0.717) is 48.0 Å². The summed E-state index contributed by atoms with van der Waals surface area (Å²) in [5.41, 5.74) is 1.23. The lowest BCUT2D eigenvalue weighted by Gasteiger charge is -2.29. The third-order valence-electron chi connectivity index (χ3n) is 6.77. The van der Waals surface area contributed by atoms with Gasteiger partial charge < -0.3 is 9.73 Å². The Labute approximate surface area is 179 Å². The number of hydrogen-bond donors (Lipinski definition) is 1. The van der Waals surface area contributed by atoms with Crippen molar-refractivity contribution in [3.63, 3.8) is 0 Å². The van der Waals surface area contributed by atoms with E-state index in [4.69, 9.17) is 4.42 Å². The Morgan fingerprint density at radius 3 is 2.53 bits per heavy atom. The second-order valence-corrected chi connectivity index (χ2v) is 11.0. The van der Waals surface area contributed by atoms with Gasteiger partial charge in [0.15, 0.2) is 5.76 Å². The van der Waals surface area contributed by atoms with Crippen LogP contribution in [0.1, 0.15) is 68.0 Å². The number of furan rings is 1. The Balaban J connectivity index is 1.53. The molecule has 0 unspecified atom stereocenters. The van der Waals surface area contributed by atoms with E-state index in [1.807, 2.05) is 6.92 Å². The molecule has 0 spiro atoms. The summed E-state index contributed by atoms with van der Waals surface area (Å²) in [4.78, 5) is 13.0. The molecule has 1 saturated heterocycles. The maximum atomic E-state index is 13.1. The number of sulfonamides is 1. The van der Waals surface area contributed by atoms with Crippen LogP contribution in [0, 0.1) is 18.8 Å². The number of amides is 1. The number of rotatable bonds is 5. The van der Waals surface area contributed by atoms with Gasteiger partial charge in [-0.05, 0) is 62.6 Å². The molecule has 2 aromatic rings. The number of piperidine rings is 1. The smallest absolute Gasteiger partial charge is 0.287 e. The fraction of sp³-hybridized carbons (Fsp3) is 0.609. The Kier molecular flexibility index (Phi) is 6.21. The Hall–Kier alpha value is -1.86. The van der Waals surface area contributed by atoms with Gasteiger partial charge in [0.1, 0.15) is 5.58 Å². The molecule has 0 atom stereocenters. The first-order chi connectivity index (χ1) is 14.4. The SMILES string of the molecule is Cc1c(C(=O)NCC2CCCCC2)oc2ccc(S(=O)(=O)N3CCC(C)CC3)cc12. The minimum absolute atomic E-state index is 0.219.